The van der Waals surface area contributed by atoms with E-state index in [0.717, 1.165) is 17.3 Å². The molecule has 1 aromatic rings. The fraction of sp³-hybridized carbons (Fsp3) is 0.462. The molecule has 2 nitrogen and oxygen atoms in total. The van der Waals surface area contributed by atoms with Crippen LogP contribution < -0.4 is 5.32 Å². The summed E-state index contributed by atoms with van der Waals surface area (Å²) in [5, 5.41) is 3.54. The molecular formula is C13H15BrClNO. The Morgan fingerprint density at radius 3 is 2.82 bits per heavy atom. The van der Waals surface area contributed by atoms with E-state index in [2.05, 4.69) is 28.2 Å². The normalized spacial score (nSPS) is 23.7. The first-order valence-electron chi connectivity index (χ1n) is 5.82. The Labute approximate surface area is 115 Å². The summed E-state index contributed by atoms with van der Waals surface area (Å²) in [7, 11) is 0. The summed E-state index contributed by atoms with van der Waals surface area (Å²) in [5.41, 5.74) is 0.550. The number of carbonyl (C=O) groups is 1. The highest BCUT2D eigenvalue weighted by molar-refractivity contribution is 9.10. The third-order valence-corrected chi connectivity index (χ3v) is 4.01. The summed E-state index contributed by atoms with van der Waals surface area (Å²) in [6, 6.07) is 5.63. The molecular weight excluding hydrogens is 302 g/mol. The van der Waals surface area contributed by atoms with Crippen molar-refractivity contribution in [3.63, 3.8) is 0 Å². The minimum absolute atomic E-state index is 0.0680. The summed E-state index contributed by atoms with van der Waals surface area (Å²) >= 11 is 9.37. The lowest BCUT2D eigenvalue weighted by atomic mass is 10.1. The van der Waals surface area contributed by atoms with Crippen LogP contribution in [0, 0.1) is 5.92 Å². The van der Waals surface area contributed by atoms with Gasteiger partial charge in [-0.3, -0.25) is 4.79 Å². The van der Waals surface area contributed by atoms with Crippen LogP contribution in [0.4, 0.5) is 0 Å². The van der Waals surface area contributed by atoms with E-state index in [1.165, 1.54) is 6.42 Å². The van der Waals surface area contributed by atoms with Crippen LogP contribution in [-0.4, -0.2) is 11.9 Å². The number of carbonyl (C=O) groups excluding carboxylic acids is 1. The fourth-order valence-electron chi connectivity index (χ4n) is 2.27. The molecule has 4 heteroatoms. The second-order valence-electron chi connectivity index (χ2n) is 4.71. The summed E-state index contributed by atoms with van der Waals surface area (Å²) < 4.78 is 0.883. The number of hydrogen-bond donors (Lipinski definition) is 1. The zero-order valence-corrected chi connectivity index (χ0v) is 12.0. The van der Waals surface area contributed by atoms with Gasteiger partial charge < -0.3 is 5.32 Å². The largest absolute Gasteiger partial charge is 0.349 e. The molecule has 0 aliphatic heterocycles. The number of rotatable bonds is 2. The van der Waals surface area contributed by atoms with Crippen molar-refractivity contribution in [2.45, 2.75) is 32.2 Å². The molecule has 1 aliphatic rings. The molecule has 1 aliphatic carbocycles. The molecule has 2 unspecified atom stereocenters. The average Bonchev–Trinajstić information content (AvgIpc) is 2.63. The van der Waals surface area contributed by atoms with Crippen molar-refractivity contribution in [3.05, 3.63) is 33.3 Å². The topological polar surface area (TPSA) is 29.1 Å². The van der Waals surface area contributed by atoms with Crippen LogP contribution in [0.2, 0.25) is 5.02 Å². The van der Waals surface area contributed by atoms with Crippen LogP contribution in [0.3, 0.4) is 0 Å². The van der Waals surface area contributed by atoms with Crippen molar-refractivity contribution >= 4 is 33.4 Å². The standard InChI is InChI=1S/C13H15BrClNO/c1-8-2-4-10(6-8)16-13(17)11-5-3-9(14)7-12(11)15/h3,5,7-8,10H,2,4,6H2,1H3,(H,16,17). The van der Waals surface area contributed by atoms with E-state index < -0.39 is 0 Å². The number of halogens is 2. The fourth-order valence-corrected chi connectivity index (χ4v) is 3.03. The SMILES string of the molecule is CC1CCC(NC(=O)c2ccc(Br)cc2Cl)C1. The Balaban J connectivity index is 2.04. The van der Waals surface area contributed by atoms with Gasteiger partial charge in [-0.15, -0.1) is 0 Å². The summed E-state index contributed by atoms with van der Waals surface area (Å²) in [4.78, 5) is 12.0. The van der Waals surface area contributed by atoms with Gasteiger partial charge in [0.1, 0.15) is 0 Å². The first-order chi connectivity index (χ1) is 8.06. The van der Waals surface area contributed by atoms with Gasteiger partial charge in [0, 0.05) is 10.5 Å². The zero-order valence-electron chi connectivity index (χ0n) is 9.67. The van der Waals surface area contributed by atoms with Gasteiger partial charge in [0.05, 0.1) is 10.6 Å². The summed E-state index contributed by atoms with van der Waals surface area (Å²) in [5.74, 6) is 0.641. The first-order valence-corrected chi connectivity index (χ1v) is 6.99. The van der Waals surface area contributed by atoms with Gasteiger partial charge >= 0.3 is 0 Å². The molecule has 0 aromatic heterocycles. The Hall–Kier alpha value is -0.540. The molecule has 0 spiro atoms. The van der Waals surface area contributed by atoms with Gasteiger partial charge in [0.25, 0.3) is 5.91 Å². The maximum atomic E-state index is 12.0. The monoisotopic (exact) mass is 315 g/mol. The number of hydrogen-bond acceptors (Lipinski definition) is 1. The minimum Gasteiger partial charge on any atom is -0.349 e. The molecule has 1 aromatic carbocycles. The van der Waals surface area contributed by atoms with Crippen molar-refractivity contribution in [2.75, 3.05) is 0 Å². The third kappa shape index (κ3) is 3.23. The van der Waals surface area contributed by atoms with E-state index in [1.54, 1.807) is 12.1 Å². The van der Waals surface area contributed by atoms with Gasteiger partial charge in [-0.1, -0.05) is 34.5 Å². The highest BCUT2D eigenvalue weighted by Crippen LogP contribution is 2.26. The molecule has 2 atom stereocenters. The molecule has 1 fully saturated rings. The second kappa shape index (κ2) is 5.40. The first kappa shape index (κ1) is 12.9. The molecule has 0 saturated heterocycles. The van der Waals surface area contributed by atoms with E-state index in [0.29, 0.717) is 22.5 Å². The van der Waals surface area contributed by atoms with Crippen LogP contribution in [0.25, 0.3) is 0 Å². The summed E-state index contributed by atoms with van der Waals surface area (Å²) in [6.07, 6.45) is 3.33. The minimum atomic E-state index is -0.0680. The average molecular weight is 317 g/mol. The van der Waals surface area contributed by atoms with Gasteiger partial charge in [-0.2, -0.15) is 0 Å². The lowest BCUT2D eigenvalue weighted by Gasteiger charge is -2.13. The molecule has 2 rings (SSSR count). The van der Waals surface area contributed by atoms with Gasteiger partial charge in [-0.05, 0) is 43.4 Å². The number of benzene rings is 1. The lowest BCUT2D eigenvalue weighted by molar-refractivity contribution is 0.0937. The van der Waals surface area contributed by atoms with E-state index >= 15 is 0 Å². The van der Waals surface area contributed by atoms with Crippen molar-refractivity contribution in [1.82, 2.24) is 5.32 Å². The van der Waals surface area contributed by atoms with E-state index in [4.69, 9.17) is 11.6 Å². The number of nitrogens with one attached hydrogen (secondary N) is 1. The lowest BCUT2D eigenvalue weighted by Crippen LogP contribution is -2.33. The molecule has 1 saturated carbocycles. The Kier molecular flexibility index (Phi) is 4.10. The predicted molar refractivity (Wildman–Crippen MR) is 73.4 cm³/mol. The molecule has 1 amide bonds. The van der Waals surface area contributed by atoms with Gasteiger partial charge in [-0.25, -0.2) is 0 Å². The van der Waals surface area contributed by atoms with E-state index in [1.807, 2.05) is 6.07 Å². The van der Waals surface area contributed by atoms with Crippen LogP contribution in [0.5, 0.6) is 0 Å². The molecule has 0 bridgehead atoms. The van der Waals surface area contributed by atoms with Crippen molar-refractivity contribution in [2.24, 2.45) is 5.92 Å². The Morgan fingerprint density at radius 2 is 2.24 bits per heavy atom. The maximum Gasteiger partial charge on any atom is 0.253 e. The number of amides is 1. The quantitative estimate of drug-likeness (QED) is 0.877. The molecule has 0 radical (unpaired) electrons. The van der Waals surface area contributed by atoms with E-state index in [-0.39, 0.29) is 5.91 Å². The molecule has 17 heavy (non-hydrogen) atoms. The predicted octanol–water partition coefficient (Wildman–Crippen LogP) is 4.02. The maximum absolute atomic E-state index is 12.0. The smallest absolute Gasteiger partial charge is 0.253 e. The third-order valence-electron chi connectivity index (χ3n) is 3.21. The highest BCUT2D eigenvalue weighted by atomic mass is 79.9. The van der Waals surface area contributed by atoms with Crippen molar-refractivity contribution in [1.29, 1.82) is 0 Å². The van der Waals surface area contributed by atoms with Crippen LogP contribution in [0.15, 0.2) is 22.7 Å². The van der Waals surface area contributed by atoms with Crippen LogP contribution in [-0.2, 0) is 0 Å². The Morgan fingerprint density at radius 1 is 1.47 bits per heavy atom. The molecule has 0 heterocycles. The second-order valence-corrected chi connectivity index (χ2v) is 6.04. The van der Waals surface area contributed by atoms with Crippen molar-refractivity contribution in [3.8, 4) is 0 Å². The molecule has 1 N–H and O–H groups in total. The summed E-state index contributed by atoms with van der Waals surface area (Å²) in [6.45, 7) is 2.22. The highest BCUT2D eigenvalue weighted by Gasteiger charge is 2.23. The Bertz CT molecular complexity index is 435. The van der Waals surface area contributed by atoms with Crippen molar-refractivity contribution < 1.29 is 4.79 Å². The van der Waals surface area contributed by atoms with Gasteiger partial charge in [0.15, 0.2) is 0 Å². The van der Waals surface area contributed by atoms with Crippen LogP contribution in [0.1, 0.15) is 36.5 Å². The zero-order chi connectivity index (χ0) is 12.4. The molecule has 92 valence electrons. The van der Waals surface area contributed by atoms with Gasteiger partial charge in [0.2, 0.25) is 0 Å². The van der Waals surface area contributed by atoms with Crippen LogP contribution >= 0.6 is 27.5 Å². The van der Waals surface area contributed by atoms with E-state index in [9.17, 15) is 4.79 Å².